The first kappa shape index (κ1) is 27.1. The normalized spacial score (nSPS) is 19.4. The summed E-state index contributed by atoms with van der Waals surface area (Å²) in [5.74, 6) is -4.97. The molecule has 12 heteroatoms. The number of thiazole rings is 1. The Kier molecular flexibility index (Phi) is 7.64. The third kappa shape index (κ3) is 5.79. The summed E-state index contributed by atoms with van der Waals surface area (Å²) >= 11 is 7.73. The second kappa shape index (κ2) is 11.0. The molecule has 0 unspecified atom stereocenters. The van der Waals surface area contributed by atoms with Crippen LogP contribution in [0.15, 0.2) is 60.1 Å². The topological polar surface area (TPSA) is 82.6 Å². The first-order chi connectivity index (χ1) is 18.6. The van der Waals surface area contributed by atoms with Crippen molar-refractivity contribution in [2.45, 2.75) is 56.2 Å². The fourth-order valence-electron chi connectivity index (χ4n) is 5.04. The summed E-state index contributed by atoms with van der Waals surface area (Å²) in [6, 6.07) is 8.89. The Morgan fingerprint density at radius 1 is 1.21 bits per heavy atom. The van der Waals surface area contributed by atoms with E-state index in [0.29, 0.717) is 11.6 Å². The second-order valence-corrected chi connectivity index (χ2v) is 10.9. The number of hydrogen-bond donors (Lipinski definition) is 1. The molecule has 1 aliphatic heterocycles. The van der Waals surface area contributed by atoms with E-state index in [0.717, 1.165) is 11.0 Å². The van der Waals surface area contributed by atoms with Crippen molar-refractivity contribution in [2.75, 3.05) is 9.80 Å². The maximum atomic E-state index is 14.4. The fourth-order valence-corrected chi connectivity index (χ4v) is 6.00. The largest absolute Gasteiger partial charge is 0.351 e. The molecule has 2 aromatic carbocycles. The summed E-state index contributed by atoms with van der Waals surface area (Å²) in [4.78, 5) is 47.2. The van der Waals surface area contributed by atoms with Crippen molar-refractivity contribution in [1.29, 1.82) is 0 Å². The van der Waals surface area contributed by atoms with Crippen LogP contribution in [-0.4, -0.2) is 40.7 Å². The summed E-state index contributed by atoms with van der Waals surface area (Å²) in [6.07, 6.45) is 0.954. The Labute approximate surface area is 231 Å². The van der Waals surface area contributed by atoms with Crippen LogP contribution in [0.2, 0.25) is 5.02 Å². The number of nitrogens with one attached hydrogen (secondary N) is 1. The van der Waals surface area contributed by atoms with Crippen molar-refractivity contribution in [1.82, 2.24) is 10.3 Å². The number of benzene rings is 2. The zero-order valence-corrected chi connectivity index (χ0v) is 22.1. The average molecular weight is 577 g/mol. The molecule has 0 spiro atoms. The van der Waals surface area contributed by atoms with Gasteiger partial charge in [-0.3, -0.25) is 24.2 Å². The van der Waals surface area contributed by atoms with Crippen molar-refractivity contribution < 1.29 is 27.6 Å². The van der Waals surface area contributed by atoms with Crippen LogP contribution in [0.3, 0.4) is 0 Å². The molecular formula is C27H24ClF3N4O3S. The van der Waals surface area contributed by atoms with Gasteiger partial charge in [0.15, 0.2) is 5.13 Å². The maximum absolute atomic E-state index is 14.4. The summed E-state index contributed by atoms with van der Waals surface area (Å²) in [7, 11) is 0. The van der Waals surface area contributed by atoms with Crippen LogP contribution in [0, 0.1) is 5.82 Å². The van der Waals surface area contributed by atoms with Gasteiger partial charge in [-0.05, 0) is 30.7 Å². The molecule has 5 rings (SSSR count). The molecule has 1 aromatic heterocycles. The van der Waals surface area contributed by atoms with Gasteiger partial charge in [-0.2, -0.15) is 0 Å². The lowest BCUT2D eigenvalue weighted by Gasteiger charge is -2.38. The quantitative estimate of drug-likeness (QED) is 0.383. The summed E-state index contributed by atoms with van der Waals surface area (Å²) in [6.45, 7) is 0. The molecule has 1 aliphatic carbocycles. The van der Waals surface area contributed by atoms with E-state index in [1.54, 1.807) is 35.8 Å². The minimum atomic E-state index is -2.87. The number of carbonyl (C=O) groups is 3. The van der Waals surface area contributed by atoms with E-state index in [1.807, 2.05) is 0 Å². The van der Waals surface area contributed by atoms with Gasteiger partial charge in [0.2, 0.25) is 17.7 Å². The number of carbonyl (C=O) groups excluding carboxylic acids is 3. The number of aromatic nitrogens is 1. The van der Waals surface area contributed by atoms with Gasteiger partial charge in [0, 0.05) is 65.6 Å². The highest BCUT2D eigenvalue weighted by Crippen LogP contribution is 2.39. The summed E-state index contributed by atoms with van der Waals surface area (Å²) in [5, 5.41) is 4.96. The lowest BCUT2D eigenvalue weighted by Crippen LogP contribution is -2.54. The molecule has 0 bridgehead atoms. The van der Waals surface area contributed by atoms with Gasteiger partial charge in [-0.1, -0.05) is 35.9 Å². The van der Waals surface area contributed by atoms with Crippen LogP contribution in [-0.2, 0) is 14.4 Å². The molecular weight excluding hydrogens is 553 g/mol. The predicted octanol–water partition coefficient (Wildman–Crippen LogP) is 5.51. The summed E-state index contributed by atoms with van der Waals surface area (Å²) in [5.41, 5.74) is 0.337. The van der Waals surface area contributed by atoms with E-state index >= 15 is 0 Å². The van der Waals surface area contributed by atoms with E-state index in [4.69, 9.17) is 11.6 Å². The fraction of sp³-hybridized carbons (Fsp3) is 0.333. The molecule has 1 saturated heterocycles. The highest BCUT2D eigenvalue weighted by atomic mass is 35.5. The van der Waals surface area contributed by atoms with Crippen LogP contribution in [0.4, 0.5) is 24.0 Å². The number of hydrogen-bond acceptors (Lipinski definition) is 5. The van der Waals surface area contributed by atoms with Gasteiger partial charge in [-0.25, -0.2) is 18.2 Å². The van der Waals surface area contributed by atoms with Gasteiger partial charge in [0.25, 0.3) is 5.92 Å². The van der Waals surface area contributed by atoms with E-state index in [9.17, 15) is 27.6 Å². The lowest BCUT2D eigenvalue weighted by molar-refractivity contribution is -0.133. The van der Waals surface area contributed by atoms with Gasteiger partial charge in [0.05, 0.1) is 0 Å². The molecule has 39 heavy (non-hydrogen) atoms. The van der Waals surface area contributed by atoms with E-state index in [1.165, 1.54) is 34.4 Å². The van der Waals surface area contributed by atoms with Crippen molar-refractivity contribution >= 4 is 51.5 Å². The van der Waals surface area contributed by atoms with Gasteiger partial charge in [-0.15, -0.1) is 11.3 Å². The highest BCUT2D eigenvalue weighted by Gasteiger charge is 2.47. The standard InChI is InChI=1S/C27H24ClF3N4O3S/c28-21-7-2-1-6-20(21)24(25(38)33-17-14-27(30,31)15-17)34(18-5-3-4-16(29)12-18)23(37)13-19-8-9-22(36)35(19)26-32-10-11-39-26/h1-7,10-12,17,19,24H,8-9,13-15H2,(H,33,38)/t19-,24-/m0/s1. The van der Waals surface area contributed by atoms with E-state index < -0.39 is 54.5 Å². The van der Waals surface area contributed by atoms with Crippen LogP contribution in [0.1, 0.15) is 43.7 Å². The molecule has 3 amide bonds. The van der Waals surface area contributed by atoms with Gasteiger partial charge >= 0.3 is 0 Å². The Morgan fingerprint density at radius 3 is 2.64 bits per heavy atom. The molecule has 2 heterocycles. The molecule has 0 radical (unpaired) electrons. The van der Waals surface area contributed by atoms with Crippen LogP contribution >= 0.6 is 22.9 Å². The number of halogens is 4. The molecule has 204 valence electrons. The van der Waals surface area contributed by atoms with Crippen LogP contribution in [0.25, 0.3) is 0 Å². The molecule has 1 saturated carbocycles. The van der Waals surface area contributed by atoms with Crippen molar-refractivity contribution in [2.24, 2.45) is 0 Å². The zero-order chi connectivity index (χ0) is 27.7. The smallest absolute Gasteiger partial charge is 0.252 e. The number of amides is 3. The zero-order valence-electron chi connectivity index (χ0n) is 20.5. The van der Waals surface area contributed by atoms with Crippen molar-refractivity contribution in [3.8, 4) is 0 Å². The number of rotatable bonds is 8. The molecule has 3 aromatic rings. The number of nitrogens with zero attached hydrogens (tertiary/aromatic N) is 3. The van der Waals surface area contributed by atoms with Crippen LogP contribution < -0.4 is 15.1 Å². The van der Waals surface area contributed by atoms with Crippen LogP contribution in [0.5, 0.6) is 0 Å². The second-order valence-electron chi connectivity index (χ2n) is 9.61. The van der Waals surface area contributed by atoms with Gasteiger partial charge in [0.1, 0.15) is 11.9 Å². The Morgan fingerprint density at radius 2 is 1.97 bits per heavy atom. The monoisotopic (exact) mass is 576 g/mol. The Bertz CT molecular complexity index is 1380. The molecule has 2 atom stereocenters. The minimum absolute atomic E-state index is 0.0872. The Hall–Kier alpha value is -3.44. The minimum Gasteiger partial charge on any atom is -0.351 e. The highest BCUT2D eigenvalue weighted by molar-refractivity contribution is 7.13. The first-order valence-corrected chi connectivity index (χ1v) is 13.6. The molecule has 7 nitrogen and oxygen atoms in total. The maximum Gasteiger partial charge on any atom is 0.252 e. The van der Waals surface area contributed by atoms with E-state index in [2.05, 4.69) is 10.3 Å². The number of alkyl halides is 2. The Balaban J connectivity index is 1.52. The summed E-state index contributed by atoms with van der Waals surface area (Å²) < 4.78 is 41.4. The number of anilines is 2. The third-order valence-corrected chi connectivity index (χ3v) is 7.97. The van der Waals surface area contributed by atoms with Crippen molar-refractivity contribution in [3.63, 3.8) is 0 Å². The van der Waals surface area contributed by atoms with Crippen molar-refractivity contribution in [3.05, 3.63) is 76.5 Å². The first-order valence-electron chi connectivity index (χ1n) is 12.3. The van der Waals surface area contributed by atoms with Gasteiger partial charge < -0.3 is 5.32 Å². The average Bonchev–Trinajstić information content (AvgIpc) is 3.51. The third-order valence-electron chi connectivity index (χ3n) is 6.86. The predicted molar refractivity (Wildman–Crippen MR) is 141 cm³/mol. The molecule has 2 aliphatic rings. The SMILES string of the molecule is O=C(NC1CC(F)(F)C1)[C@H](c1ccccc1Cl)N(C(=O)C[C@@H]1CCC(=O)N1c1nccs1)c1cccc(F)c1. The molecule has 2 fully saturated rings. The lowest BCUT2D eigenvalue weighted by atomic mass is 9.87. The molecule has 1 N–H and O–H groups in total. The van der Waals surface area contributed by atoms with E-state index in [-0.39, 0.29) is 35.0 Å².